The van der Waals surface area contributed by atoms with E-state index in [0.717, 1.165) is 32.5 Å². The van der Waals surface area contributed by atoms with Gasteiger partial charge in [0.1, 0.15) is 5.82 Å². The lowest BCUT2D eigenvalue weighted by Gasteiger charge is -2.32. The van der Waals surface area contributed by atoms with E-state index in [-0.39, 0.29) is 23.4 Å². The Morgan fingerprint density at radius 1 is 1.04 bits per heavy atom. The molecule has 1 saturated heterocycles. The van der Waals surface area contributed by atoms with Crippen LogP contribution in [0.2, 0.25) is 0 Å². The summed E-state index contributed by atoms with van der Waals surface area (Å²) >= 11 is 0. The van der Waals surface area contributed by atoms with Crippen LogP contribution in [0.4, 0.5) is 4.39 Å². The van der Waals surface area contributed by atoms with E-state index in [1.165, 1.54) is 44.2 Å². The molecule has 0 radical (unpaired) electrons. The van der Waals surface area contributed by atoms with Gasteiger partial charge in [0.05, 0.1) is 12.1 Å². The Morgan fingerprint density at radius 2 is 1.74 bits per heavy atom. The molecule has 5 nitrogen and oxygen atoms in total. The average Bonchev–Trinajstić information content (AvgIpc) is 2.69. The molecule has 0 bridgehead atoms. The van der Waals surface area contributed by atoms with Crippen molar-refractivity contribution in [3.8, 4) is 0 Å². The predicted molar refractivity (Wildman–Crippen MR) is 103 cm³/mol. The molecular formula is C21H30FN3O2. The Morgan fingerprint density at radius 3 is 2.44 bits per heavy atom. The molecule has 0 spiro atoms. The Labute approximate surface area is 160 Å². The lowest BCUT2D eigenvalue weighted by molar-refractivity contribution is -0.122. The zero-order valence-corrected chi connectivity index (χ0v) is 15.9. The van der Waals surface area contributed by atoms with Gasteiger partial charge in [0.25, 0.3) is 5.91 Å². The van der Waals surface area contributed by atoms with E-state index in [9.17, 15) is 14.0 Å². The summed E-state index contributed by atoms with van der Waals surface area (Å²) < 4.78 is 13.7. The van der Waals surface area contributed by atoms with Gasteiger partial charge >= 0.3 is 0 Å². The highest BCUT2D eigenvalue weighted by Gasteiger charge is 2.23. The van der Waals surface area contributed by atoms with Crippen LogP contribution < -0.4 is 10.6 Å². The number of hydrogen-bond acceptors (Lipinski definition) is 3. The van der Waals surface area contributed by atoms with Crippen LogP contribution in [-0.4, -0.2) is 48.9 Å². The lowest BCUT2D eigenvalue weighted by Crippen LogP contribution is -2.47. The third-order valence-electron chi connectivity index (χ3n) is 5.72. The summed E-state index contributed by atoms with van der Waals surface area (Å²) in [7, 11) is 0. The average molecular weight is 375 g/mol. The number of nitrogens with one attached hydrogen (secondary N) is 2. The van der Waals surface area contributed by atoms with Crippen LogP contribution in [0, 0.1) is 11.7 Å². The number of likely N-dealkylation sites (tertiary alicyclic amines) is 1. The normalized spacial score (nSPS) is 19.6. The molecule has 27 heavy (non-hydrogen) atoms. The van der Waals surface area contributed by atoms with Crippen molar-refractivity contribution in [3.05, 3.63) is 35.6 Å². The van der Waals surface area contributed by atoms with Crippen molar-refractivity contribution >= 4 is 11.8 Å². The van der Waals surface area contributed by atoms with Crippen LogP contribution in [0.15, 0.2) is 24.3 Å². The summed E-state index contributed by atoms with van der Waals surface area (Å²) in [4.78, 5) is 26.5. The maximum absolute atomic E-state index is 13.7. The summed E-state index contributed by atoms with van der Waals surface area (Å²) in [6, 6.07) is 6.05. The van der Waals surface area contributed by atoms with E-state index in [0.29, 0.717) is 12.5 Å². The van der Waals surface area contributed by atoms with Crippen LogP contribution in [0.5, 0.6) is 0 Å². The number of amides is 2. The first-order valence-corrected chi connectivity index (χ1v) is 10.2. The number of halogens is 1. The van der Waals surface area contributed by atoms with Crippen LogP contribution in [0.25, 0.3) is 0 Å². The first kappa shape index (κ1) is 19.8. The third-order valence-corrected chi connectivity index (χ3v) is 5.72. The van der Waals surface area contributed by atoms with Gasteiger partial charge in [-0.25, -0.2) is 4.39 Å². The van der Waals surface area contributed by atoms with Crippen LogP contribution in [0.3, 0.4) is 0 Å². The standard InChI is InChI=1S/C21H30FN3O2/c22-19-9-5-4-8-18(19)21(27)24-17-10-12-25(13-11-17)15-20(26)23-14-16-6-2-1-3-7-16/h4-5,8-9,16-17H,1-3,6-7,10-15H2,(H,23,26)(H,24,27). The number of nitrogens with zero attached hydrogens (tertiary/aromatic N) is 1. The van der Waals surface area contributed by atoms with E-state index in [2.05, 4.69) is 15.5 Å². The smallest absolute Gasteiger partial charge is 0.254 e. The van der Waals surface area contributed by atoms with Gasteiger partial charge < -0.3 is 10.6 Å². The molecular weight excluding hydrogens is 345 g/mol. The minimum Gasteiger partial charge on any atom is -0.355 e. The molecule has 6 heteroatoms. The molecule has 0 atom stereocenters. The Kier molecular flexibility index (Phi) is 7.21. The second-order valence-electron chi connectivity index (χ2n) is 7.81. The quantitative estimate of drug-likeness (QED) is 0.804. The number of piperidine rings is 1. The highest BCUT2D eigenvalue weighted by Crippen LogP contribution is 2.22. The molecule has 1 heterocycles. The third kappa shape index (κ3) is 6.03. The first-order chi connectivity index (χ1) is 13.1. The zero-order chi connectivity index (χ0) is 19.1. The zero-order valence-electron chi connectivity index (χ0n) is 15.9. The topological polar surface area (TPSA) is 61.4 Å². The highest BCUT2D eigenvalue weighted by atomic mass is 19.1. The van der Waals surface area contributed by atoms with Crippen molar-refractivity contribution < 1.29 is 14.0 Å². The predicted octanol–water partition coefficient (Wildman–Crippen LogP) is 2.72. The molecule has 3 rings (SSSR count). The van der Waals surface area contributed by atoms with E-state index in [1.807, 2.05) is 0 Å². The molecule has 2 N–H and O–H groups in total. The second kappa shape index (κ2) is 9.83. The number of carbonyl (C=O) groups excluding carboxylic acids is 2. The van der Waals surface area contributed by atoms with Gasteiger partial charge in [-0.1, -0.05) is 31.4 Å². The number of carbonyl (C=O) groups is 2. The van der Waals surface area contributed by atoms with Crippen molar-refractivity contribution in [3.63, 3.8) is 0 Å². The number of rotatable bonds is 6. The van der Waals surface area contributed by atoms with Crippen molar-refractivity contribution in [1.29, 1.82) is 0 Å². The Balaban J connectivity index is 1.35. The van der Waals surface area contributed by atoms with Gasteiger partial charge in [-0.05, 0) is 43.7 Å². The minimum absolute atomic E-state index is 0.0265. The molecule has 2 fully saturated rings. The molecule has 2 amide bonds. The molecule has 1 aliphatic carbocycles. The largest absolute Gasteiger partial charge is 0.355 e. The van der Waals surface area contributed by atoms with Gasteiger partial charge in [-0.3, -0.25) is 14.5 Å². The van der Waals surface area contributed by atoms with E-state index in [4.69, 9.17) is 0 Å². The van der Waals surface area contributed by atoms with E-state index in [1.54, 1.807) is 12.1 Å². The monoisotopic (exact) mass is 375 g/mol. The summed E-state index contributed by atoms with van der Waals surface area (Å²) in [5, 5.41) is 5.99. The van der Waals surface area contributed by atoms with Crippen molar-refractivity contribution in [2.45, 2.75) is 51.0 Å². The summed E-state index contributed by atoms with van der Waals surface area (Å²) in [6.07, 6.45) is 7.90. The number of benzene rings is 1. The van der Waals surface area contributed by atoms with Crippen LogP contribution in [0.1, 0.15) is 55.3 Å². The molecule has 148 valence electrons. The fourth-order valence-corrected chi connectivity index (χ4v) is 4.05. The Hall–Kier alpha value is -1.95. The van der Waals surface area contributed by atoms with Crippen molar-refractivity contribution in [2.24, 2.45) is 5.92 Å². The summed E-state index contributed by atoms with van der Waals surface area (Å²) in [6.45, 7) is 2.74. The molecule has 1 aliphatic heterocycles. The number of hydrogen-bond donors (Lipinski definition) is 2. The van der Waals surface area contributed by atoms with Crippen molar-refractivity contribution in [1.82, 2.24) is 15.5 Å². The van der Waals surface area contributed by atoms with Gasteiger partial charge in [-0.2, -0.15) is 0 Å². The van der Waals surface area contributed by atoms with Crippen LogP contribution >= 0.6 is 0 Å². The fourth-order valence-electron chi connectivity index (χ4n) is 4.05. The lowest BCUT2D eigenvalue weighted by atomic mass is 9.89. The van der Waals surface area contributed by atoms with Gasteiger partial charge in [0.15, 0.2) is 0 Å². The van der Waals surface area contributed by atoms with Gasteiger partial charge in [0, 0.05) is 25.7 Å². The minimum atomic E-state index is -0.498. The molecule has 1 saturated carbocycles. The van der Waals surface area contributed by atoms with E-state index < -0.39 is 5.82 Å². The Bertz CT molecular complexity index is 638. The highest BCUT2D eigenvalue weighted by molar-refractivity contribution is 5.94. The first-order valence-electron chi connectivity index (χ1n) is 10.2. The van der Waals surface area contributed by atoms with Gasteiger partial charge in [0.2, 0.25) is 5.91 Å². The molecule has 0 aromatic heterocycles. The maximum Gasteiger partial charge on any atom is 0.254 e. The maximum atomic E-state index is 13.7. The summed E-state index contributed by atoms with van der Waals surface area (Å²) in [5.74, 6) is -0.129. The molecule has 0 unspecified atom stereocenters. The van der Waals surface area contributed by atoms with E-state index >= 15 is 0 Å². The molecule has 2 aliphatic rings. The molecule has 1 aromatic carbocycles. The second-order valence-corrected chi connectivity index (χ2v) is 7.81. The fraction of sp³-hybridized carbons (Fsp3) is 0.619. The van der Waals surface area contributed by atoms with Gasteiger partial charge in [-0.15, -0.1) is 0 Å². The van der Waals surface area contributed by atoms with Crippen molar-refractivity contribution in [2.75, 3.05) is 26.2 Å². The molecule has 1 aromatic rings. The SMILES string of the molecule is O=C(CN1CCC(NC(=O)c2ccccc2F)CC1)NCC1CCCCC1. The van der Waals surface area contributed by atoms with Crippen LogP contribution in [-0.2, 0) is 4.79 Å². The summed E-state index contributed by atoms with van der Waals surface area (Å²) in [5.41, 5.74) is 0.0852.